The van der Waals surface area contributed by atoms with Gasteiger partial charge in [-0.15, -0.1) is 0 Å². The normalized spacial score (nSPS) is 40.3. The van der Waals surface area contributed by atoms with Gasteiger partial charge in [-0.2, -0.15) is 0 Å². The molecule has 2 heterocycles. The highest BCUT2D eigenvalue weighted by molar-refractivity contribution is 5.29. The first kappa shape index (κ1) is 14.6. The monoisotopic (exact) mass is 303 g/mol. The molecule has 22 heavy (non-hydrogen) atoms. The van der Waals surface area contributed by atoms with E-state index in [1.165, 1.54) is 5.56 Å². The Kier molecular flexibility index (Phi) is 3.73. The Balaban J connectivity index is 1.64. The summed E-state index contributed by atoms with van der Waals surface area (Å²) in [5.41, 5.74) is 1.30. The number of nitrogens with zero attached hydrogens (tertiary/aromatic N) is 1. The highest BCUT2D eigenvalue weighted by Crippen LogP contribution is 2.61. The summed E-state index contributed by atoms with van der Waals surface area (Å²) in [7, 11) is 0. The summed E-state index contributed by atoms with van der Waals surface area (Å²) in [5, 5.41) is 1.76. The Morgan fingerprint density at radius 1 is 1.32 bits per heavy atom. The molecule has 2 bridgehead atoms. The Morgan fingerprint density at radius 2 is 2.14 bits per heavy atom. The summed E-state index contributed by atoms with van der Waals surface area (Å²) in [6, 6.07) is 10.8. The molecule has 2 saturated heterocycles. The number of ether oxygens (including phenoxy) is 1. The average molecular weight is 303 g/mol. The average Bonchev–Trinajstić information content (AvgIpc) is 2.95. The van der Waals surface area contributed by atoms with Crippen LogP contribution in [0.3, 0.4) is 0 Å². The van der Waals surface area contributed by atoms with Crippen LogP contribution >= 0.6 is 0 Å². The molecule has 1 aromatic rings. The van der Waals surface area contributed by atoms with Crippen LogP contribution < -0.4 is 0 Å². The molecule has 5 atom stereocenters. The topological polar surface area (TPSA) is 30.9 Å². The van der Waals surface area contributed by atoms with Gasteiger partial charge in [0.25, 0.3) is 0 Å². The highest BCUT2D eigenvalue weighted by atomic mass is 17.0. The van der Waals surface area contributed by atoms with Gasteiger partial charge in [0, 0.05) is 24.4 Å². The van der Waals surface area contributed by atoms with E-state index < -0.39 is 0 Å². The molecular formula is C18H25NO3. The summed E-state index contributed by atoms with van der Waals surface area (Å²) >= 11 is 0. The molecule has 120 valence electrons. The molecule has 0 amide bonds. The lowest BCUT2D eigenvalue weighted by Crippen LogP contribution is -2.54. The van der Waals surface area contributed by atoms with Crippen molar-refractivity contribution < 1.29 is 14.4 Å². The van der Waals surface area contributed by atoms with E-state index >= 15 is 0 Å². The highest BCUT2D eigenvalue weighted by Gasteiger charge is 2.66. The number of rotatable bonds is 5. The molecule has 2 aliphatic heterocycles. The van der Waals surface area contributed by atoms with Gasteiger partial charge in [-0.05, 0) is 25.3 Å². The van der Waals surface area contributed by atoms with Crippen molar-refractivity contribution in [2.75, 3.05) is 13.2 Å². The minimum absolute atomic E-state index is 0.0728. The van der Waals surface area contributed by atoms with E-state index in [2.05, 4.69) is 44.2 Å². The van der Waals surface area contributed by atoms with Gasteiger partial charge in [-0.1, -0.05) is 48.9 Å². The van der Waals surface area contributed by atoms with Crippen LogP contribution in [0, 0.1) is 11.8 Å². The minimum atomic E-state index is -0.185. The first-order chi connectivity index (χ1) is 10.7. The summed E-state index contributed by atoms with van der Waals surface area (Å²) in [5.74, 6) is 1.33. The van der Waals surface area contributed by atoms with Crippen molar-refractivity contribution in [1.82, 2.24) is 5.23 Å². The molecule has 4 nitrogen and oxygen atoms in total. The zero-order valence-corrected chi connectivity index (χ0v) is 13.4. The number of hydrogen-bond donors (Lipinski definition) is 0. The Morgan fingerprint density at radius 3 is 2.91 bits per heavy atom. The number of unbranched alkanes of at least 4 members (excludes halogenated alkanes) is 1. The van der Waals surface area contributed by atoms with E-state index in [0.29, 0.717) is 17.8 Å². The number of hydrogen-bond acceptors (Lipinski definition) is 4. The largest absolute Gasteiger partial charge is 0.350 e. The lowest BCUT2D eigenvalue weighted by Gasteiger charge is -2.46. The zero-order chi connectivity index (χ0) is 15.2. The summed E-state index contributed by atoms with van der Waals surface area (Å²) in [6.45, 7) is 5.98. The van der Waals surface area contributed by atoms with Crippen molar-refractivity contribution in [2.24, 2.45) is 11.8 Å². The van der Waals surface area contributed by atoms with Crippen molar-refractivity contribution >= 4 is 0 Å². The second-order valence-corrected chi connectivity index (χ2v) is 6.96. The Bertz CT molecular complexity index is 522. The molecule has 1 saturated carbocycles. The smallest absolute Gasteiger partial charge is 0.183 e. The second-order valence-electron chi connectivity index (χ2n) is 6.96. The van der Waals surface area contributed by atoms with Gasteiger partial charge in [-0.25, -0.2) is 4.84 Å². The molecule has 3 aliphatic rings. The van der Waals surface area contributed by atoms with E-state index in [0.717, 1.165) is 32.5 Å². The minimum Gasteiger partial charge on any atom is -0.350 e. The molecular weight excluding hydrogens is 278 g/mol. The fourth-order valence-corrected chi connectivity index (χ4v) is 4.51. The summed E-state index contributed by atoms with van der Waals surface area (Å²) in [6.07, 6.45) is 3.14. The molecule has 0 aromatic heterocycles. The fourth-order valence-electron chi connectivity index (χ4n) is 4.51. The molecule has 3 fully saturated rings. The van der Waals surface area contributed by atoms with Crippen LogP contribution in [0.4, 0.5) is 0 Å². The van der Waals surface area contributed by atoms with Crippen LogP contribution in [0.25, 0.3) is 0 Å². The molecule has 4 rings (SSSR count). The lowest BCUT2D eigenvalue weighted by atomic mass is 9.76. The third-order valence-corrected chi connectivity index (χ3v) is 5.72. The zero-order valence-electron chi connectivity index (χ0n) is 13.4. The maximum Gasteiger partial charge on any atom is 0.183 e. The van der Waals surface area contributed by atoms with Crippen molar-refractivity contribution in [3.8, 4) is 0 Å². The first-order valence-corrected chi connectivity index (χ1v) is 8.51. The van der Waals surface area contributed by atoms with E-state index in [9.17, 15) is 0 Å². The third-order valence-electron chi connectivity index (χ3n) is 5.72. The lowest BCUT2D eigenvalue weighted by molar-refractivity contribution is -0.455. The summed E-state index contributed by atoms with van der Waals surface area (Å²) in [4.78, 5) is 11.9. The standard InChI is InChI=1S/C18H25NO3/c1-3-4-10-20-17-15-11-14-12-21-19(22-17)18(14,2)16(15)13-8-6-5-7-9-13/h5-9,14-17H,3-4,10-12H2,1-2H3/t14-,15-,16-,17-,18+/m0/s1. The SMILES string of the molecule is CCCCO[C@H]1ON2OC[C@@H]3C[C@H]1[C@H](c1ccccc1)[C@@]32C. The maximum absolute atomic E-state index is 6.06. The molecule has 4 heteroatoms. The molecule has 1 aliphatic carbocycles. The Hall–Kier alpha value is -0.940. The predicted molar refractivity (Wildman–Crippen MR) is 82.7 cm³/mol. The van der Waals surface area contributed by atoms with Crippen molar-refractivity contribution in [3.63, 3.8) is 0 Å². The molecule has 0 N–H and O–H groups in total. The first-order valence-electron chi connectivity index (χ1n) is 8.51. The number of fused-ring (bicyclic) bond motifs is 1. The van der Waals surface area contributed by atoms with E-state index in [1.54, 1.807) is 5.23 Å². The van der Waals surface area contributed by atoms with Crippen LogP contribution in [-0.4, -0.2) is 30.3 Å². The Labute approximate surface area is 132 Å². The predicted octanol–water partition coefficient (Wildman–Crippen LogP) is 3.50. The van der Waals surface area contributed by atoms with Gasteiger partial charge in [0.2, 0.25) is 0 Å². The van der Waals surface area contributed by atoms with E-state index in [1.807, 2.05) is 0 Å². The second kappa shape index (κ2) is 5.60. The van der Waals surface area contributed by atoms with Gasteiger partial charge in [0.1, 0.15) is 0 Å². The van der Waals surface area contributed by atoms with Crippen molar-refractivity contribution in [2.45, 2.75) is 50.9 Å². The third kappa shape index (κ3) is 2.05. The summed E-state index contributed by atoms with van der Waals surface area (Å²) < 4.78 is 6.06. The number of benzene rings is 1. The molecule has 1 aromatic carbocycles. The number of hydroxylamine groups is 2. The van der Waals surface area contributed by atoms with Crippen LogP contribution in [0.2, 0.25) is 0 Å². The van der Waals surface area contributed by atoms with Crippen molar-refractivity contribution in [3.05, 3.63) is 35.9 Å². The molecule has 0 radical (unpaired) electrons. The molecule has 0 spiro atoms. The van der Waals surface area contributed by atoms with E-state index in [-0.39, 0.29) is 11.8 Å². The van der Waals surface area contributed by atoms with Crippen LogP contribution in [-0.2, 0) is 14.4 Å². The fraction of sp³-hybridized carbons (Fsp3) is 0.667. The maximum atomic E-state index is 6.06. The van der Waals surface area contributed by atoms with E-state index in [4.69, 9.17) is 14.4 Å². The van der Waals surface area contributed by atoms with Crippen LogP contribution in [0.15, 0.2) is 30.3 Å². The van der Waals surface area contributed by atoms with Gasteiger partial charge >= 0.3 is 0 Å². The van der Waals surface area contributed by atoms with Gasteiger partial charge in [-0.3, -0.25) is 4.84 Å². The molecule has 0 unspecified atom stereocenters. The van der Waals surface area contributed by atoms with Gasteiger partial charge in [0.05, 0.1) is 12.1 Å². The van der Waals surface area contributed by atoms with Gasteiger partial charge in [0.15, 0.2) is 6.29 Å². The van der Waals surface area contributed by atoms with Crippen LogP contribution in [0.1, 0.15) is 44.6 Å². The van der Waals surface area contributed by atoms with Gasteiger partial charge < -0.3 is 4.74 Å². The quantitative estimate of drug-likeness (QED) is 0.779. The van der Waals surface area contributed by atoms with Crippen LogP contribution in [0.5, 0.6) is 0 Å². The van der Waals surface area contributed by atoms with Crippen molar-refractivity contribution in [1.29, 1.82) is 0 Å².